The van der Waals surface area contributed by atoms with Gasteiger partial charge in [-0.2, -0.15) is 0 Å². The second-order valence-corrected chi connectivity index (χ2v) is 9.42. The van der Waals surface area contributed by atoms with Gasteiger partial charge in [-0.05, 0) is 69.0 Å². The van der Waals surface area contributed by atoms with Crippen molar-refractivity contribution in [2.45, 2.75) is 45.1 Å². The number of nitrogens with zero attached hydrogens (tertiary/aromatic N) is 1. The Bertz CT molecular complexity index is 879. The highest BCUT2D eigenvalue weighted by atomic mass is 32.2. The normalized spacial score (nSPS) is 13.8. The summed E-state index contributed by atoms with van der Waals surface area (Å²) in [5, 5.41) is 0. The van der Waals surface area contributed by atoms with E-state index in [4.69, 9.17) is 4.74 Å². The zero-order valence-electron chi connectivity index (χ0n) is 15.6. The Morgan fingerprint density at radius 1 is 1.00 bits per heavy atom. The summed E-state index contributed by atoms with van der Waals surface area (Å²) in [6.07, 6.45) is 0.643. The van der Waals surface area contributed by atoms with Crippen LogP contribution in [-0.4, -0.2) is 22.2 Å². The van der Waals surface area contributed by atoms with Gasteiger partial charge < -0.3 is 4.74 Å². The minimum absolute atomic E-state index is 0.508. The van der Waals surface area contributed by atoms with Crippen LogP contribution in [0.1, 0.15) is 31.9 Å². The van der Waals surface area contributed by atoms with Gasteiger partial charge in [-0.15, -0.1) is 4.36 Å². The van der Waals surface area contributed by atoms with E-state index in [1.165, 1.54) is 22.9 Å². The van der Waals surface area contributed by atoms with E-state index < -0.39 is 21.4 Å². The van der Waals surface area contributed by atoms with Crippen molar-refractivity contribution in [2.24, 2.45) is 4.36 Å². The molecule has 0 aliphatic carbocycles. The molecule has 5 heteroatoms. The molecule has 0 saturated carbocycles. The third kappa shape index (κ3) is 4.92. The molecule has 25 heavy (non-hydrogen) atoms. The lowest BCUT2D eigenvalue weighted by Crippen LogP contribution is -2.22. The van der Waals surface area contributed by atoms with Crippen molar-refractivity contribution < 1.29 is 13.7 Å². The van der Waals surface area contributed by atoms with Crippen molar-refractivity contribution in [1.29, 1.82) is 0 Å². The maximum atomic E-state index is 12.8. The molecule has 0 fully saturated rings. The molecule has 0 bridgehead atoms. The Hall–Kier alpha value is -2.14. The van der Waals surface area contributed by atoms with E-state index in [2.05, 4.69) is 30.3 Å². The molecule has 1 atom stereocenters. The lowest BCUT2D eigenvalue weighted by molar-refractivity contribution is 0.0607. The van der Waals surface area contributed by atoms with E-state index in [0.29, 0.717) is 4.90 Å². The minimum atomic E-state index is -2.85. The summed E-state index contributed by atoms with van der Waals surface area (Å²) in [6.45, 7) is 9.37. The maximum Gasteiger partial charge on any atom is 0.442 e. The molecule has 2 aromatic rings. The molecule has 0 saturated heterocycles. The van der Waals surface area contributed by atoms with Crippen molar-refractivity contribution >= 4 is 15.8 Å². The van der Waals surface area contributed by atoms with E-state index in [1.807, 2.05) is 18.2 Å². The largest absolute Gasteiger partial charge is 0.442 e. The van der Waals surface area contributed by atoms with Crippen LogP contribution in [0.4, 0.5) is 4.79 Å². The number of benzene rings is 2. The van der Waals surface area contributed by atoms with E-state index in [9.17, 15) is 9.00 Å². The average molecular weight is 359 g/mol. The topological polar surface area (TPSA) is 55.7 Å². The standard InChI is InChI=1S/C20H25NO3S/c1-14-8-7-9-15(2)18(14)16-10-12-17(13-11-16)25(6,23)21-19(22)24-20(3,4)5/h7-13H,1-6H3. The summed E-state index contributed by atoms with van der Waals surface area (Å²) in [6, 6.07) is 13.5. The molecule has 134 valence electrons. The molecule has 1 unspecified atom stereocenters. The summed E-state index contributed by atoms with van der Waals surface area (Å²) in [5.41, 5.74) is 3.92. The first-order chi connectivity index (χ1) is 11.5. The van der Waals surface area contributed by atoms with Gasteiger partial charge in [-0.25, -0.2) is 9.00 Å². The summed E-state index contributed by atoms with van der Waals surface area (Å²) >= 11 is 0. The summed E-state index contributed by atoms with van der Waals surface area (Å²) in [5.74, 6) is 0. The van der Waals surface area contributed by atoms with Crippen LogP contribution in [0.3, 0.4) is 0 Å². The molecule has 0 aromatic heterocycles. The fourth-order valence-electron chi connectivity index (χ4n) is 2.62. The van der Waals surface area contributed by atoms with Gasteiger partial charge >= 0.3 is 6.09 Å². The Kier molecular flexibility index (Phi) is 5.37. The smallest absolute Gasteiger partial charge is 0.442 e. The Morgan fingerprint density at radius 3 is 2.00 bits per heavy atom. The number of aryl methyl sites for hydroxylation is 2. The second kappa shape index (κ2) is 7.00. The van der Waals surface area contributed by atoms with E-state index in [-0.39, 0.29) is 0 Å². The highest BCUT2D eigenvalue weighted by Crippen LogP contribution is 2.28. The van der Waals surface area contributed by atoms with Crippen molar-refractivity contribution in [3.63, 3.8) is 0 Å². The number of rotatable bonds is 2. The molecule has 0 heterocycles. The van der Waals surface area contributed by atoms with Gasteiger partial charge in [-0.1, -0.05) is 30.3 Å². The number of hydrogen-bond acceptors (Lipinski definition) is 3. The zero-order valence-corrected chi connectivity index (χ0v) is 16.4. The monoisotopic (exact) mass is 359 g/mol. The molecule has 0 radical (unpaired) electrons. The molecule has 1 amide bonds. The first-order valence-electron chi connectivity index (χ1n) is 8.11. The van der Waals surface area contributed by atoms with Crippen molar-refractivity contribution in [1.82, 2.24) is 0 Å². The summed E-state index contributed by atoms with van der Waals surface area (Å²) < 4.78 is 21.7. The van der Waals surface area contributed by atoms with Crippen molar-refractivity contribution in [2.75, 3.05) is 6.26 Å². The van der Waals surface area contributed by atoms with Gasteiger partial charge in [0.2, 0.25) is 0 Å². The van der Waals surface area contributed by atoms with Crippen LogP contribution in [0.2, 0.25) is 0 Å². The van der Waals surface area contributed by atoms with Crippen LogP contribution in [-0.2, 0) is 14.5 Å². The summed E-state index contributed by atoms with van der Waals surface area (Å²) in [7, 11) is -2.85. The number of carbonyl (C=O) groups is 1. The average Bonchev–Trinajstić information content (AvgIpc) is 2.45. The second-order valence-electron chi connectivity index (χ2n) is 7.17. The van der Waals surface area contributed by atoms with Gasteiger partial charge in [0.15, 0.2) is 0 Å². The Balaban J connectivity index is 2.36. The predicted molar refractivity (Wildman–Crippen MR) is 102 cm³/mol. The fraction of sp³-hybridized carbons (Fsp3) is 0.350. The molecular weight excluding hydrogens is 334 g/mol. The van der Waals surface area contributed by atoms with Gasteiger partial charge in [0, 0.05) is 11.2 Å². The first kappa shape index (κ1) is 19.2. The SMILES string of the molecule is Cc1cccc(C)c1-c1ccc(S(C)(=O)=NC(=O)OC(C)(C)C)cc1. The van der Waals surface area contributed by atoms with Gasteiger partial charge in [0.05, 0.1) is 9.73 Å². The number of carbonyl (C=O) groups excluding carboxylic acids is 1. The molecule has 0 aliphatic rings. The van der Waals surface area contributed by atoms with Crippen LogP contribution in [0.5, 0.6) is 0 Å². The molecule has 2 rings (SSSR count). The van der Waals surface area contributed by atoms with Crippen molar-refractivity contribution in [3.8, 4) is 11.1 Å². The zero-order chi connectivity index (χ0) is 18.8. The van der Waals surface area contributed by atoms with Crippen LogP contribution < -0.4 is 0 Å². The van der Waals surface area contributed by atoms with E-state index in [1.54, 1.807) is 32.9 Å². The van der Waals surface area contributed by atoms with Crippen LogP contribution in [0.15, 0.2) is 51.7 Å². The minimum Gasteiger partial charge on any atom is -0.442 e. The Morgan fingerprint density at radius 2 is 1.52 bits per heavy atom. The van der Waals surface area contributed by atoms with Crippen LogP contribution in [0.25, 0.3) is 11.1 Å². The number of amides is 1. The van der Waals surface area contributed by atoms with E-state index in [0.717, 1.165) is 5.56 Å². The van der Waals surface area contributed by atoms with Gasteiger partial charge in [-0.3, -0.25) is 0 Å². The molecule has 0 N–H and O–H groups in total. The van der Waals surface area contributed by atoms with E-state index >= 15 is 0 Å². The van der Waals surface area contributed by atoms with Crippen LogP contribution >= 0.6 is 0 Å². The fourth-order valence-corrected chi connectivity index (χ4v) is 3.69. The van der Waals surface area contributed by atoms with Crippen molar-refractivity contribution in [3.05, 3.63) is 53.6 Å². The molecular formula is C20H25NO3S. The number of ether oxygens (including phenoxy) is 1. The number of hydrogen-bond donors (Lipinski definition) is 0. The molecule has 2 aromatic carbocycles. The molecule has 0 spiro atoms. The predicted octanol–water partition coefficient (Wildman–Crippen LogP) is 5.36. The van der Waals surface area contributed by atoms with Gasteiger partial charge in [0.25, 0.3) is 0 Å². The third-order valence-corrected chi connectivity index (χ3v) is 5.35. The van der Waals surface area contributed by atoms with Gasteiger partial charge in [0.1, 0.15) is 5.60 Å². The lowest BCUT2D eigenvalue weighted by Gasteiger charge is -2.17. The molecule has 0 aliphatic heterocycles. The first-order valence-corrected chi connectivity index (χ1v) is 10.0. The highest BCUT2D eigenvalue weighted by molar-refractivity contribution is 7.93. The summed E-state index contributed by atoms with van der Waals surface area (Å²) in [4.78, 5) is 12.4. The maximum absolute atomic E-state index is 12.8. The van der Waals surface area contributed by atoms with Crippen LogP contribution in [0, 0.1) is 13.8 Å². The lowest BCUT2D eigenvalue weighted by atomic mass is 9.96. The Labute approximate surface area is 150 Å². The highest BCUT2D eigenvalue weighted by Gasteiger charge is 2.18. The third-order valence-electron chi connectivity index (χ3n) is 3.70. The quantitative estimate of drug-likeness (QED) is 0.725. The molecule has 4 nitrogen and oxygen atoms in total.